The Balaban J connectivity index is 2.29. The first kappa shape index (κ1) is 11.3. The quantitative estimate of drug-likeness (QED) is 0.788. The van der Waals surface area contributed by atoms with Crippen LogP contribution in [0.4, 0.5) is 0 Å². The van der Waals surface area contributed by atoms with Crippen molar-refractivity contribution in [1.82, 2.24) is 9.88 Å². The van der Waals surface area contributed by atoms with E-state index in [4.69, 9.17) is 0 Å². The van der Waals surface area contributed by atoms with E-state index in [1.165, 1.54) is 22.2 Å². The SMILES string of the molecule is Cn1c2c(c3ccc(Br)cc31)CC(C)(C)NC2. The van der Waals surface area contributed by atoms with Crippen LogP contribution in [0.2, 0.25) is 0 Å². The molecule has 1 aliphatic heterocycles. The van der Waals surface area contributed by atoms with Gasteiger partial charge in [-0.05, 0) is 38.0 Å². The van der Waals surface area contributed by atoms with E-state index in [2.05, 4.69) is 64.9 Å². The van der Waals surface area contributed by atoms with E-state index in [0.29, 0.717) is 0 Å². The summed E-state index contributed by atoms with van der Waals surface area (Å²) >= 11 is 3.55. The van der Waals surface area contributed by atoms with Crippen LogP contribution in [0.25, 0.3) is 10.9 Å². The van der Waals surface area contributed by atoms with Crippen molar-refractivity contribution in [2.45, 2.75) is 32.4 Å². The molecule has 1 aliphatic rings. The Morgan fingerprint density at radius 1 is 1.35 bits per heavy atom. The topological polar surface area (TPSA) is 17.0 Å². The molecule has 90 valence electrons. The van der Waals surface area contributed by atoms with Gasteiger partial charge in [0.25, 0.3) is 0 Å². The molecule has 17 heavy (non-hydrogen) atoms. The van der Waals surface area contributed by atoms with Crippen LogP contribution in [0.3, 0.4) is 0 Å². The zero-order valence-corrected chi connectivity index (χ0v) is 12.1. The summed E-state index contributed by atoms with van der Waals surface area (Å²) in [6.07, 6.45) is 1.10. The summed E-state index contributed by atoms with van der Waals surface area (Å²) in [6, 6.07) is 6.58. The standard InChI is InChI=1S/C14H17BrN2/c1-14(2)7-11-10-5-4-9(15)6-12(10)17(3)13(11)8-16-14/h4-6,16H,7-8H2,1-3H3. The van der Waals surface area contributed by atoms with Crippen LogP contribution in [-0.2, 0) is 20.0 Å². The van der Waals surface area contributed by atoms with Crippen LogP contribution in [0, 0.1) is 0 Å². The number of hydrogen-bond acceptors (Lipinski definition) is 1. The number of rotatable bonds is 0. The molecule has 0 saturated heterocycles. The molecule has 0 radical (unpaired) electrons. The van der Waals surface area contributed by atoms with Crippen LogP contribution >= 0.6 is 15.9 Å². The summed E-state index contributed by atoms with van der Waals surface area (Å²) in [5.41, 5.74) is 4.47. The summed E-state index contributed by atoms with van der Waals surface area (Å²) in [5, 5.41) is 5.00. The second kappa shape index (κ2) is 3.59. The van der Waals surface area contributed by atoms with Gasteiger partial charge in [0.15, 0.2) is 0 Å². The average molecular weight is 293 g/mol. The second-order valence-corrected chi connectivity index (χ2v) is 6.48. The number of halogens is 1. The number of hydrogen-bond donors (Lipinski definition) is 1. The molecule has 2 heterocycles. The van der Waals surface area contributed by atoms with Crippen LogP contribution in [0.15, 0.2) is 22.7 Å². The summed E-state index contributed by atoms with van der Waals surface area (Å²) in [5.74, 6) is 0. The molecule has 1 aromatic carbocycles. The smallest absolute Gasteiger partial charge is 0.0494 e. The van der Waals surface area contributed by atoms with Crippen molar-refractivity contribution in [1.29, 1.82) is 0 Å². The van der Waals surface area contributed by atoms with Crippen molar-refractivity contribution >= 4 is 26.8 Å². The fourth-order valence-electron chi connectivity index (χ4n) is 2.79. The first-order chi connectivity index (χ1) is 7.98. The predicted molar refractivity (Wildman–Crippen MR) is 75.2 cm³/mol. The molecule has 2 nitrogen and oxygen atoms in total. The van der Waals surface area contributed by atoms with Crippen molar-refractivity contribution in [3.05, 3.63) is 33.9 Å². The number of aromatic nitrogens is 1. The van der Waals surface area contributed by atoms with Crippen molar-refractivity contribution < 1.29 is 0 Å². The minimum atomic E-state index is 0.203. The third-order valence-corrected chi connectivity index (χ3v) is 4.25. The van der Waals surface area contributed by atoms with Gasteiger partial charge < -0.3 is 9.88 Å². The van der Waals surface area contributed by atoms with Gasteiger partial charge in [0, 0.05) is 40.2 Å². The van der Waals surface area contributed by atoms with E-state index >= 15 is 0 Å². The summed E-state index contributed by atoms with van der Waals surface area (Å²) < 4.78 is 3.47. The van der Waals surface area contributed by atoms with Gasteiger partial charge in [-0.2, -0.15) is 0 Å². The summed E-state index contributed by atoms with van der Waals surface area (Å²) in [4.78, 5) is 0. The molecule has 0 saturated carbocycles. The first-order valence-electron chi connectivity index (χ1n) is 5.99. The van der Waals surface area contributed by atoms with Gasteiger partial charge in [-0.1, -0.05) is 22.0 Å². The van der Waals surface area contributed by atoms with E-state index in [0.717, 1.165) is 17.4 Å². The van der Waals surface area contributed by atoms with Crippen LogP contribution in [-0.4, -0.2) is 10.1 Å². The Morgan fingerprint density at radius 2 is 2.12 bits per heavy atom. The normalized spacial score (nSPS) is 18.4. The van der Waals surface area contributed by atoms with E-state index < -0.39 is 0 Å². The molecular formula is C14H17BrN2. The van der Waals surface area contributed by atoms with Gasteiger partial charge in [0.1, 0.15) is 0 Å². The molecule has 0 spiro atoms. The van der Waals surface area contributed by atoms with Crippen molar-refractivity contribution in [2.24, 2.45) is 7.05 Å². The molecule has 2 aromatic rings. The maximum atomic E-state index is 3.60. The van der Waals surface area contributed by atoms with E-state index in [-0.39, 0.29) is 5.54 Å². The monoisotopic (exact) mass is 292 g/mol. The number of aryl methyl sites for hydroxylation is 1. The molecule has 0 bridgehead atoms. The molecule has 3 rings (SSSR count). The zero-order valence-electron chi connectivity index (χ0n) is 10.5. The number of nitrogens with one attached hydrogen (secondary N) is 1. The Kier molecular flexibility index (Phi) is 2.39. The fraction of sp³-hybridized carbons (Fsp3) is 0.429. The van der Waals surface area contributed by atoms with Gasteiger partial charge >= 0.3 is 0 Å². The summed E-state index contributed by atoms with van der Waals surface area (Å²) in [6.45, 7) is 5.51. The number of fused-ring (bicyclic) bond motifs is 3. The lowest BCUT2D eigenvalue weighted by Gasteiger charge is -2.31. The third kappa shape index (κ3) is 1.72. The van der Waals surface area contributed by atoms with Gasteiger partial charge in [-0.3, -0.25) is 0 Å². The largest absolute Gasteiger partial charge is 0.346 e. The van der Waals surface area contributed by atoms with E-state index in [1.54, 1.807) is 0 Å². The van der Waals surface area contributed by atoms with Crippen LogP contribution in [0.1, 0.15) is 25.1 Å². The third-order valence-electron chi connectivity index (χ3n) is 3.75. The van der Waals surface area contributed by atoms with Crippen molar-refractivity contribution in [3.8, 4) is 0 Å². The zero-order chi connectivity index (χ0) is 12.2. The highest BCUT2D eigenvalue weighted by atomic mass is 79.9. The predicted octanol–water partition coefficient (Wildman–Crippen LogP) is 3.37. The van der Waals surface area contributed by atoms with Gasteiger partial charge in [0.2, 0.25) is 0 Å². The highest BCUT2D eigenvalue weighted by molar-refractivity contribution is 9.10. The van der Waals surface area contributed by atoms with Gasteiger partial charge in [-0.15, -0.1) is 0 Å². The average Bonchev–Trinajstić information content (AvgIpc) is 2.51. The lowest BCUT2D eigenvalue weighted by molar-refractivity contribution is 0.357. The Hall–Kier alpha value is -0.800. The molecule has 3 heteroatoms. The first-order valence-corrected chi connectivity index (χ1v) is 6.78. The Morgan fingerprint density at radius 3 is 2.88 bits per heavy atom. The Labute approximate surface area is 110 Å². The maximum absolute atomic E-state index is 3.60. The fourth-order valence-corrected chi connectivity index (χ4v) is 3.14. The molecule has 0 aliphatic carbocycles. The second-order valence-electron chi connectivity index (χ2n) is 5.56. The van der Waals surface area contributed by atoms with E-state index in [1.807, 2.05) is 0 Å². The lowest BCUT2D eigenvalue weighted by atomic mass is 9.89. The highest BCUT2D eigenvalue weighted by Gasteiger charge is 2.28. The van der Waals surface area contributed by atoms with Crippen LogP contribution in [0.5, 0.6) is 0 Å². The Bertz CT molecular complexity index is 596. The van der Waals surface area contributed by atoms with Crippen LogP contribution < -0.4 is 5.32 Å². The molecular weight excluding hydrogens is 276 g/mol. The number of benzene rings is 1. The molecule has 0 fully saturated rings. The van der Waals surface area contributed by atoms with Gasteiger partial charge in [-0.25, -0.2) is 0 Å². The number of nitrogens with zero attached hydrogens (tertiary/aromatic N) is 1. The maximum Gasteiger partial charge on any atom is 0.0494 e. The molecule has 0 unspecified atom stereocenters. The van der Waals surface area contributed by atoms with Gasteiger partial charge in [0.05, 0.1) is 0 Å². The molecule has 0 atom stereocenters. The van der Waals surface area contributed by atoms with E-state index in [9.17, 15) is 0 Å². The summed E-state index contributed by atoms with van der Waals surface area (Å²) in [7, 11) is 2.16. The molecule has 0 amide bonds. The molecule has 1 aromatic heterocycles. The van der Waals surface area contributed by atoms with Crippen molar-refractivity contribution in [3.63, 3.8) is 0 Å². The minimum absolute atomic E-state index is 0.203. The lowest BCUT2D eigenvalue weighted by Crippen LogP contribution is -2.44. The minimum Gasteiger partial charge on any atom is -0.346 e. The van der Waals surface area contributed by atoms with Crippen molar-refractivity contribution in [2.75, 3.05) is 0 Å². The highest BCUT2D eigenvalue weighted by Crippen LogP contribution is 2.33. The molecule has 1 N–H and O–H groups in total.